The molecule has 0 saturated heterocycles. The van der Waals surface area contributed by atoms with E-state index in [4.69, 9.17) is 16.3 Å². The van der Waals surface area contributed by atoms with Gasteiger partial charge in [0.15, 0.2) is 0 Å². The Kier molecular flexibility index (Phi) is 2.20. The number of halogens is 1. The van der Waals surface area contributed by atoms with Gasteiger partial charge in [0.25, 0.3) is 0 Å². The smallest absolute Gasteiger partial charge is 0.224 e. The fraction of sp³-hybridized carbons (Fsp3) is 0.571. The maximum absolute atomic E-state index is 5.91. The Morgan fingerprint density at radius 1 is 1.58 bits per heavy atom. The minimum Gasteiger partial charge on any atom is -0.501 e. The van der Waals surface area contributed by atoms with Crippen LogP contribution in [0, 0.1) is 11.3 Å². The normalized spacial score (nSPS) is 37.3. The Hall–Kier alpha value is -1.29. The summed E-state index contributed by atoms with van der Waals surface area (Å²) in [5.41, 5.74) is 1.85. The third-order valence-corrected chi connectivity index (χ3v) is 5.11. The van der Waals surface area contributed by atoms with Crippen molar-refractivity contribution >= 4 is 23.5 Å². The molecule has 4 rings (SSSR count). The van der Waals surface area contributed by atoms with Crippen LogP contribution in [0.15, 0.2) is 12.5 Å². The molecule has 100 valence electrons. The zero-order valence-electron chi connectivity index (χ0n) is 10.8. The molecule has 0 aliphatic heterocycles. The van der Waals surface area contributed by atoms with Gasteiger partial charge in [-0.1, -0.05) is 0 Å². The van der Waals surface area contributed by atoms with Crippen LogP contribution < -0.4 is 5.32 Å². The molecule has 3 saturated carbocycles. The second-order valence-electron chi connectivity index (χ2n) is 5.85. The molecule has 1 aromatic rings. The van der Waals surface area contributed by atoms with Crippen LogP contribution in [0.1, 0.15) is 31.7 Å². The number of ether oxygens (including phenoxy) is 1. The average molecular weight is 278 g/mol. The van der Waals surface area contributed by atoms with Crippen LogP contribution in [0.4, 0.5) is 5.82 Å². The molecule has 1 spiro atoms. The van der Waals surface area contributed by atoms with E-state index in [1.807, 2.05) is 13.0 Å². The minimum atomic E-state index is 0.286. The molecule has 3 atom stereocenters. The van der Waals surface area contributed by atoms with Crippen LogP contribution in [0.25, 0.3) is 6.08 Å². The predicted molar refractivity (Wildman–Crippen MR) is 73.8 cm³/mol. The zero-order valence-corrected chi connectivity index (χ0v) is 11.6. The third-order valence-electron chi connectivity index (χ3n) is 4.93. The lowest BCUT2D eigenvalue weighted by Crippen LogP contribution is -2.33. The molecule has 19 heavy (non-hydrogen) atoms. The Balaban J connectivity index is 1.57. The molecule has 3 fully saturated rings. The van der Waals surface area contributed by atoms with E-state index in [0.717, 1.165) is 17.3 Å². The van der Waals surface area contributed by atoms with Crippen molar-refractivity contribution in [1.82, 2.24) is 9.97 Å². The largest absolute Gasteiger partial charge is 0.501 e. The number of nitrogens with zero attached hydrogens (tertiary/aromatic N) is 2. The zero-order chi connectivity index (χ0) is 13.1. The summed E-state index contributed by atoms with van der Waals surface area (Å²) in [6, 6.07) is 0. The summed E-state index contributed by atoms with van der Waals surface area (Å²) >= 11 is 5.91. The lowest BCUT2D eigenvalue weighted by Gasteiger charge is -2.27. The van der Waals surface area contributed by atoms with Crippen molar-refractivity contribution in [2.45, 2.75) is 31.7 Å². The molecule has 1 aromatic heterocycles. The summed E-state index contributed by atoms with van der Waals surface area (Å²) in [6.07, 6.45) is 9.27. The monoisotopic (exact) mass is 277 g/mol. The molecule has 4 nitrogen and oxygen atoms in total. The first kappa shape index (κ1) is 11.5. The molecule has 0 amide bonds. The average Bonchev–Trinajstić information content (AvgIpc) is 3.15. The van der Waals surface area contributed by atoms with Crippen LogP contribution in [0.5, 0.6) is 0 Å². The Bertz CT molecular complexity index is 572. The van der Waals surface area contributed by atoms with Crippen LogP contribution in [-0.2, 0) is 4.74 Å². The van der Waals surface area contributed by atoms with Gasteiger partial charge >= 0.3 is 0 Å². The molecule has 1 N–H and O–H groups in total. The number of nitrogens with one attached hydrogen (secondary N) is 1. The van der Waals surface area contributed by atoms with Gasteiger partial charge in [-0.25, -0.2) is 9.97 Å². The summed E-state index contributed by atoms with van der Waals surface area (Å²) in [5.74, 6) is 1.80. The van der Waals surface area contributed by atoms with Crippen molar-refractivity contribution in [2.75, 3.05) is 11.9 Å². The lowest BCUT2D eigenvalue weighted by atomic mass is 9.93. The van der Waals surface area contributed by atoms with Gasteiger partial charge in [-0.2, -0.15) is 0 Å². The van der Waals surface area contributed by atoms with Crippen molar-refractivity contribution in [2.24, 2.45) is 11.3 Å². The van der Waals surface area contributed by atoms with Gasteiger partial charge in [0.1, 0.15) is 5.82 Å². The molecule has 0 bridgehead atoms. The van der Waals surface area contributed by atoms with Gasteiger partial charge in [-0.05, 0) is 55.2 Å². The summed E-state index contributed by atoms with van der Waals surface area (Å²) in [4.78, 5) is 8.37. The molecule has 1 heterocycles. The number of rotatable bonds is 5. The van der Waals surface area contributed by atoms with E-state index in [1.165, 1.54) is 19.3 Å². The van der Waals surface area contributed by atoms with Gasteiger partial charge in [-0.15, -0.1) is 0 Å². The third kappa shape index (κ3) is 1.52. The van der Waals surface area contributed by atoms with Gasteiger partial charge in [0.2, 0.25) is 5.28 Å². The molecule has 5 heteroatoms. The molecule has 3 aliphatic carbocycles. The van der Waals surface area contributed by atoms with Crippen LogP contribution >= 0.6 is 11.6 Å². The number of anilines is 1. The van der Waals surface area contributed by atoms with E-state index in [-0.39, 0.29) is 5.28 Å². The van der Waals surface area contributed by atoms with E-state index in [1.54, 1.807) is 12.5 Å². The lowest BCUT2D eigenvalue weighted by molar-refractivity contribution is 0.272. The SMILES string of the molecule is CCOC=Cc1cnc(Cl)nc1NC12CC3CC31C2. The Morgan fingerprint density at radius 3 is 3.11 bits per heavy atom. The summed E-state index contributed by atoms with van der Waals surface area (Å²) in [6.45, 7) is 2.61. The molecular weight excluding hydrogens is 262 g/mol. The first-order valence-electron chi connectivity index (χ1n) is 6.78. The Labute approximate surface area is 117 Å². The first-order valence-corrected chi connectivity index (χ1v) is 7.16. The van der Waals surface area contributed by atoms with Crippen LogP contribution in [-0.4, -0.2) is 22.1 Å². The van der Waals surface area contributed by atoms with Gasteiger partial charge in [0, 0.05) is 17.3 Å². The fourth-order valence-corrected chi connectivity index (χ4v) is 3.90. The van der Waals surface area contributed by atoms with Gasteiger partial charge in [0.05, 0.1) is 12.9 Å². The quantitative estimate of drug-likeness (QED) is 0.664. The van der Waals surface area contributed by atoms with Crippen molar-refractivity contribution in [3.8, 4) is 0 Å². The molecule has 3 aliphatic rings. The topological polar surface area (TPSA) is 47.0 Å². The van der Waals surface area contributed by atoms with Crippen molar-refractivity contribution in [3.05, 3.63) is 23.3 Å². The van der Waals surface area contributed by atoms with Crippen LogP contribution in [0.3, 0.4) is 0 Å². The first-order chi connectivity index (χ1) is 9.19. The van der Waals surface area contributed by atoms with E-state index < -0.39 is 0 Å². The highest BCUT2D eigenvalue weighted by Gasteiger charge is 2.89. The number of hydrogen-bond donors (Lipinski definition) is 1. The summed E-state index contributed by atoms with van der Waals surface area (Å²) in [5, 5.41) is 3.89. The number of hydrogen-bond acceptors (Lipinski definition) is 4. The predicted octanol–water partition coefficient (Wildman–Crippen LogP) is 3.10. The van der Waals surface area contributed by atoms with Crippen molar-refractivity contribution in [3.63, 3.8) is 0 Å². The van der Waals surface area contributed by atoms with Crippen molar-refractivity contribution < 1.29 is 4.74 Å². The molecule has 3 unspecified atom stereocenters. The van der Waals surface area contributed by atoms with Gasteiger partial charge < -0.3 is 10.1 Å². The second kappa shape index (κ2) is 3.63. The maximum Gasteiger partial charge on any atom is 0.224 e. The highest BCUT2D eigenvalue weighted by molar-refractivity contribution is 6.28. The van der Waals surface area contributed by atoms with E-state index in [2.05, 4.69) is 15.3 Å². The van der Waals surface area contributed by atoms with E-state index in [9.17, 15) is 0 Å². The highest BCUT2D eigenvalue weighted by Crippen LogP contribution is 2.89. The number of aromatic nitrogens is 2. The van der Waals surface area contributed by atoms with Gasteiger partial charge in [-0.3, -0.25) is 0 Å². The minimum absolute atomic E-state index is 0.286. The standard InChI is InChI=1S/C14H16ClN3O/c1-2-19-4-3-9-7-16-12(15)17-11(9)18-14-6-10-5-13(10,14)8-14/h3-4,7,10H,2,5-6,8H2,1H3,(H,16,17,18). The molecule has 0 radical (unpaired) electrons. The Morgan fingerprint density at radius 2 is 2.47 bits per heavy atom. The van der Waals surface area contributed by atoms with Crippen molar-refractivity contribution in [1.29, 1.82) is 0 Å². The molecular formula is C14H16ClN3O. The fourth-order valence-electron chi connectivity index (χ4n) is 3.77. The van der Waals surface area contributed by atoms with Crippen LogP contribution in [0.2, 0.25) is 5.28 Å². The second-order valence-corrected chi connectivity index (χ2v) is 6.18. The molecule has 0 aromatic carbocycles. The summed E-state index contributed by atoms with van der Waals surface area (Å²) < 4.78 is 5.23. The van der Waals surface area contributed by atoms with E-state index >= 15 is 0 Å². The highest BCUT2D eigenvalue weighted by atomic mass is 35.5. The maximum atomic E-state index is 5.91. The summed E-state index contributed by atoms with van der Waals surface area (Å²) in [7, 11) is 0. The van der Waals surface area contributed by atoms with E-state index in [0.29, 0.717) is 17.6 Å².